The third kappa shape index (κ3) is 9.46. The molecule has 90 heavy (non-hydrogen) atoms. The van der Waals surface area contributed by atoms with E-state index < -0.39 is 34.1 Å². The average molecular weight is 1180 g/mol. The van der Waals surface area contributed by atoms with Crippen molar-refractivity contribution in [2.45, 2.75) is 24.7 Å². The second-order valence-corrected chi connectivity index (χ2v) is 22.9. The maximum absolute atomic E-state index is 16.6. The largest absolute Gasteiger partial charge is 0.490 e. The molecule has 0 heterocycles. The van der Waals surface area contributed by atoms with Crippen molar-refractivity contribution < 1.29 is 27.0 Å². The van der Waals surface area contributed by atoms with E-state index in [4.69, 9.17) is 9.47 Å². The third-order valence-corrected chi connectivity index (χ3v) is 17.8. The summed E-state index contributed by atoms with van der Waals surface area (Å²) in [6.07, 6.45) is 3.43. The number of rotatable bonds is 17. The van der Waals surface area contributed by atoms with Crippen LogP contribution in [0.1, 0.15) is 55.6 Å². The molecule has 14 rings (SSSR count). The molecule has 0 saturated heterocycles. The van der Waals surface area contributed by atoms with Crippen molar-refractivity contribution in [3.05, 3.63) is 371 Å². The molecule has 0 bridgehead atoms. The molecule has 2 aliphatic rings. The monoisotopic (exact) mass is 1180 g/mol. The number of benzene rings is 12. The van der Waals surface area contributed by atoms with Gasteiger partial charge in [0.05, 0.1) is 10.8 Å². The summed E-state index contributed by atoms with van der Waals surface area (Å²) in [7, 11) is 0. The molecule has 0 spiro atoms. The van der Waals surface area contributed by atoms with Gasteiger partial charge in [0.15, 0.2) is 0 Å². The first kappa shape index (κ1) is 56.8. The van der Waals surface area contributed by atoms with Crippen molar-refractivity contribution in [3.63, 3.8) is 0 Å². The van der Waals surface area contributed by atoms with Gasteiger partial charge in [-0.05, 0) is 189 Å². The highest BCUT2D eigenvalue weighted by Gasteiger charge is 2.48. The van der Waals surface area contributed by atoms with Crippen LogP contribution in [0.5, 0.6) is 11.5 Å². The maximum atomic E-state index is 16.6. The first-order chi connectivity index (χ1) is 44.0. The van der Waals surface area contributed by atoms with E-state index in [9.17, 15) is 0 Å². The lowest BCUT2D eigenvalue weighted by molar-refractivity contribution is 0.363. The highest BCUT2D eigenvalue weighted by molar-refractivity contribution is 5.92. The molecule has 2 unspecified atom stereocenters. The van der Waals surface area contributed by atoms with Crippen molar-refractivity contribution in [1.82, 2.24) is 0 Å². The molecule has 438 valence electrons. The molecule has 2 aliphatic carbocycles. The molecular weight excluding hydrogens is 1120 g/mol. The minimum absolute atomic E-state index is 0.228. The Morgan fingerprint density at radius 1 is 0.333 bits per heavy atom. The summed E-state index contributed by atoms with van der Waals surface area (Å²) in [5.74, 6) is -1.51. The lowest BCUT2D eigenvalue weighted by atomic mass is 9.67. The number of halogens is 4. The Hall–Kier alpha value is -11.0. The molecule has 8 heteroatoms. The number of hydrogen-bond donors (Lipinski definition) is 0. The first-order valence-electron chi connectivity index (χ1n) is 30.0. The number of hydrogen-bond acceptors (Lipinski definition) is 4. The number of fused-ring (bicyclic) bond motifs is 6. The Bertz CT molecular complexity index is 4360. The van der Waals surface area contributed by atoms with Gasteiger partial charge < -0.3 is 19.3 Å². The normalized spacial score (nSPS) is 15.0. The summed E-state index contributed by atoms with van der Waals surface area (Å²) in [6.45, 7) is 12.5. The van der Waals surface area contributed by atoms with Crippen LogP contribution in [0.3, 0.4) is 0 Å². The molecule has 0 fully saturated rings. The molecular formula is C82H60F4N2O2. The summed E-state index contributed by atoms with van der Waals surface area (Å²) in [5.41, 5.74) is 16.0. The van der Waals surface area contributed by atoms with Gasteiger partial charge >= 0.3 is 0 Å². The average Bonchev–Trinajstić information content (AvgIpc) is 1.55. The molecule has 0 amide bonds. The van der Waals surface area contributed by atoms with Gasteiger partial charge in [-0.15, -0.1) is 0 Å². The van der Waals surface area contributed by atoms with E-state index in [0.29, 0.717) is 47.5 Å². The van der Waals surface area contributed by atoms with E-state index in [0.717, 1.165) is 89.0 Å². The molecule has 4 nitrogen and oxygen atoms in total. The lowest BCUT2D eigenvalue weighted by Gasteiger charge is -2.35. The second kappa shape index (κ2) is 23.3. The van der Waals surface area contributed by atoms with Crippen LogP contribution in [0.4, 0.5) is 51.7 Å². The van der Waals surface area contributed by atoms with Crippen LogP contribution in [0.15, 0.2) is 292 Å². The second-order valence-electron chi connectivity index (χ2n) is 22.9. The van der Waals surface area contributed by atoms with Crippen molar-refractivity contribution >= 4 is 34.1 Å². The van der Waals surface area contributed by atoms with Gasteiger partial charge in [0.1, 0.15) is 59.4 Å². The molecule has 0 N–H and O–H groups in total. The summed E-state index contributed by atoms with van der Waals surface area (Å²) in [5, 5.41) is 0. The summed E-state index contributed by atoms with van der Waals surface area (Å²) < 4.78 is 78.2. The van der Waals surface area contributed by atoms with Gasteiger partial charge in [-0.1, -0.05) is 206 Å². The molecule has 12 aromatic carbocycles. The van der Waals surface area contributed by atoms with Crippen LogP contribution in [0.25, 0.3) is 33.4 Å². The van der Waals surface area contributed by atoms with Gasteiger partial charge in [0, 0.05) is 22.7 Å². The fraction of sp³-hybridized carbons (Fsp3) is 0.0732. The van der Waals surface area contributed by atoms with Crippen molar-refractivity contribution in [3.8, 4) is 44.9 Å². The number of nitrogens with zero attached hydrogens (tertiary/aromatic N) is 2. The van der Waals surface area contributed by atoms with Crippen LogP contribution in [-0.4, -0.2) is 13.2 Å². The summed E-state index contributed by atoms with van der Waals surface area (Å²) in [6, 6.07) is 85.2. The van der Waals surface area contributed by atoms with Crippen LogP contribution in [-0.2, 0) is 10.8 Å². The summed E-state index contributed by atoms with van der Waals surface area (Å²) in [4.78, 5) is 3.29. The zero-order valence-electron chi connectivity index (χ0n) is 49.6. The predicted molar refractivity (Wildman–Crippen MR) is 357 cm³/mol. The van der Waals surface area contributed by atoms with Crippen LogP contribution in [0.2, 0.25) is 0 Å². The van der Waals surface area contributed by atoms with Crippen molar-refractivity contribution in [2.24, 2.45) is 0 Å². The molecule has 12 aromatic rings. The van der Waals surface area contributed by atoms with Gasteiger partial charge in [-0.25, -0.2) is 17.6 Å². The standard InChI is InChI=1S/C82H60F4N2O2/c1-5-49-89-65-43-33-59(34-44-65)81(57-29-21-53(3)22-30-57)71-15-9-7-13-67(71)69-47-41-63(51-73(69)81)87(79-75(83)17-11-18-76(79)84)61-37-25-55(26-38-61)56-27-39-62(40-28-56)88(80-77(85)19-12-20-78(80)86)64-42-48-70-68-14-8-10-16-72(68)82(74(70)52-64,58-31-23-54(4)24-32-58)60-35-45-66(46-36-60)90-50-6-2/h5-48,51-52H,1-2,49-50H2,3-4H3. The van der Waals surface area contributed by atoms with E-state index in [2.05, 4.69) is 160 Å². The first-order valence-corrected chi connectivity index (χ1v) is 30.0. The van der Waals surface area contributed by atoms with E-state index in [1.807, 2.05) is 97.1 Å². The van der Waals surface area contributed by atoms with Gasteiger partial charge in [0.2, 0.25) is 0 Å². The van der Waals surface area contributed by atoms with Crippen LogP contribution < -0.4 is 19.3 Å². The fourth-order valence-corrected chi connectivity index (χ4v) is 13.7. The fourth-order valence-electron chi connectivity index (χ4n) is 13.7. The minimum atomic E-state index is -0.845. The van der Waals surface area contributed by atoms with E-state index in [1.54, 1.807) is 22.0 Å². The summed E-state index contributed by atoms with van der Waals surface area (Å²) >= 11 is 0. The molecule has 0 radical (unpaired) electrons. The number of ether oxygens (including phenoxy) is 2. The molecule has 0 saturated carbocycles. The van der Waals surface area contributed by atoms with Crippen molar-refractivity contribution in [2.75, 3.05) is 23.0 Å². The Morgan fingerprint density at radius 2 is 0.644 bits per heavy atom. The van der Waals surface area contributed by atoms with E-state index >= 15 is 17.6 Å². The number of anilines is 6. The predicted octanol–water partition coefficient (Wildman–Crippen LogP) is 21.3. The number of aryl methyl sites for hydroxylation is 2. The third-order valence-electron chi connectivity index (χ3n) is 17.8. The van der Waals surface area contributed by atoms with Gasteiger partial charge in [-0.3, -0.25) is 0 Å². The van der Waals surface area contributed by atoms with Gasteiger partial charge in [0.25, 0.3) is 0 Å². The van der Waals surface area contributed by atoms with Gasteiger partial charge in [-0.2, -0.15) is 0 Å². The molecule has 2 atom stereocenters. The highest BCUT2D eigenvalue weighted by atomic mass is 19.1. The molecule has 0 aromatic heterocycles. The smallest absolute Gasteiger partial charge is 0.150 e. The quantitative estimate of drug-likeness (QED) is 0.0670. The van der Waals surface area contributed by atoms with Crippen molar-refractivity contribution in [1.29, 1.82) is 0 Å². The minimum Gasteiger partial charge on any atom is -0.490 e. The van der Waals surface area contributed by atoms with E-state index in [1.165, 1.54) is 36.4 Å². The Kier molecular flexibility index (Phi) is 14.7. The van der Waals surface area contributed by atoms with Crippen LogP contribution >= 0.6 is 0 Å². The van der Waals surface area contributed by atoms with Crippen LogP contribution in [0, 0.1) is 37.1 Å². The maximum Gasteiger partial charge on any atom is 0.150 e. The Labute approximate surface area is 522 Å². The highest BCUT2D eigenvalue weighted by Crippen LogP contribution is 2.60. The SMILES string of the molecule is C=CCOc1ccc(C2(c3ccc(C)cc3)c3ccccc3-c3ccc(N(c4ccc(-c5ccc(N(c6ccc7c(c6)C(c6ccc(C)cc6)(c6ccc(OCC=C)cc6)c6ccccc6-7)c6c(F)cccc6F)cc5)cc4)c4c(F)cccc4F)cc32)cc1. The number of para-hydroxylation sites is 2. The van der Waals surface area contributed by atoms with E-state index in [-0.39, 0.29) is 11.4 Å². The Morgan fingerprint density at radius 3 is 0.989 bits per heavy atom. The Balaban J connectivity index is 0.869. The lowest BCUT2D eigenvalue weighted by Crippen LogP contribution is -2.29. The zero-order valence-corrected chi connectivity index (χ0v) is 49.6. The molecule has 0 aliphatic heterocycles. The zero-order chi connectivity index (χ0) is 61.7. The topological polar surface area (TPSA) is 24.9 Å².